The van der Waals surface area contributed by atoms with Crippen molar-refractivity contribution in [1.29, 1.82) is 0 Å². The van der Waals surface area contributed by atoms with Crippen molar-refractivity contribution >= 4 is 11.7 Å². The summed E-state index contributed by atoms with van der Waals surface area (Å²) in [4.78, 5) is 25.4. The Morgan fingerprint density at radius 1 is 1.03 bits per heavy atom. The highest BCUT2D eigenvalue weighted by molar-refractivity contribution is 5.94. The van der Waals surface area contributed by atoms with Gasteiger partial charge in [-0.05, 0) is 50.6 Å². The zero-order valence-electron chi connectivity index (χ0n) is 17.9. The molecule has 0 unspecified atom stereocenters. The van der Waals surface area contributed by atoms with E-state index in [0.29, 0.717) is 31.0 Å². The minimum Gasteiger partial charge on any atom is -0.436 e. The lowest BCUT2D eigenvalue weighted by Crippen LogP contribution is -2.54. The lowest BCUT2D eigenvalue weighted by Gasteiger charge is -2.40. The van der Waals surface area contributed by atoms with Crippen LogP contribution < -0.4 is 9.64 Å². The van der Waals surface area contributed by atoms with Crippen LogP contribution in [0.15, 0.2) is 54.9 Å². The topological polar surface area (TPSA) is 58.6 Å². The Kier molecular flexibility index (Phi) is 5.84. The number of rotatable bonds is 4. The molecule has 0 saturated carbocycles. The Bertz CT molecular complexity index is 1090. The van der Waals surface area contributed by atoms with E-state index in [1.807, 2.05) is 49.9 Å². The third-order valence-corrected chi connectivity index (χ3v) is 5.44. The van der Waals surface area contributed by atoms with Gasteiger partial charge in [0, 0.05) is 37.3 Å². The number of piperazine rings is 1. The summed E-state index contributed by atoms with van der Waals surface area (Å²) in [7, 11) is 0. The van der Waals surface area contributed by atoms with Crippen molar-refractivity contribution in [1.82, 2.24) is 14.9 Å². The van der Waals surface area contributed by atoms with Crippen molar-refractivity contribution < 1.29 is 13.9 Å². The molecule has 3 aromatic rings. The molecule has 31 heavy (non-hydrogen) atoms. The normalized spacial score (nSPS) is 16.3. The fraction of sp³-hybridized carbons (Fsp3) is 0.292. The first-order chi connectivity index (χ1) is 14.9. The van der Waals surface area contributed by atoms with Crippen LogP contribution in [-0.2, 0) is 0 Å². The van der Waals surface area contributed by atoms with Crippen LogP contribution in [0.4, 0.5) is 10.2 Å². The average Bonchev–Trinajstić information content (AvgIpc) is 2.76. The van der Waals surface area contributed by atoms with Crippen molar-refractivity contribution in [2.45, 2.75) is 26.8 Å². The fourth-order valence-corrected chi connectivity index (χ4v) is 3.69. The average molecular weight is 420 g/mol. The van der Waals surface area contributed by atoms with E-state index in [4.69, 9.17) is 4.74 Å². The van der Waals surface area contributed by atoms with Gasteiger partial charge in [-0.15, -0.1) is 0 Å². The molecule has 0 aliphatic carbocycles. The summed E-state index contributed by atoms with van der Waals surface area (Å²) in [6.07, 6.45) is 1.41. The fourth-order valence-electron chi connectivity index (χ4n) is 3.69. The van der Waals surface area contributed by atoms with E-state index in [1.165, 1.54) is 12.4 Å². The maximum Gasteiger partial charge on any atom is 0.254 e. The number of halogens is 1. The Morgan fingerprint density at radius 2 is 1.77 bits per heavy atom. The predicted molar refractivity (Wildman–Crippen MR) is 117 cm³/mol. The molecule has 1 aliphatic heterocycles. The number of carbonyl (C=O) groups is 1. The number of ether oxygens (including phenoxy) is 1. The molecular weight excluding hydrogens is 395 g/mol. The summed E-state index contributed by atoms with van der Waals surface area (Å²) in [6.45, 7) is 7.75. The molecule has 1 amide bonds. The van der Waals surface area contributed by atoms with Gasteiger partial charge in [0.1, 0.15) is 12.1 Å². The summed E-state index contributed by atoms with van der Waals surface area (Å²) in [5.41, 5.74) is 2.72. The van der Waals surface area contributed by atoms with E-state index in [-0.39, 0.29) is 23.6 Å². The number of aromatic nitrogens is 2. The number of nitrogens with zero attached hydrogens (tertiary/aromatic N) is 4. The smallest absolute Gasteiger partial charge is 0.254 e. The Balaban J connectivity index is 1.45. The highest BCUT2D eigenvalue weighted by Crippen LogP contribution is 2.27. The lowest BCUT2D eigenvalue weighted by molar-refractivity contribution is 0.0673. The molecule has 0 bridgehead atoms. The van der Waals surface area contributed by atoms with E-state index in [2.05, 4.69) is 14.9 Å². The first-order valence-electron chi connectivity index (χ1n) is 10.3. The molecule has 6 nitrogen and oxygen atoms in total. The second kappa shape index (κ2) is 8.71. The van der Waals surface area contributed by atoms with Crippen LogP contribution in [0.5, 0.6) is 11.6 Å². The van der Waals surface area contributed by atoms with Crippen LogP contribution in [0.1, 0.15) is 28.4 Å². The van der Waals surface area contributed by atoms with Gasteiger partial charge in [0.05, 0.1) is 0 Å². The van der Waals surface area contributed by atoms with Gasteiger partial charge < -0.3 is 14.5 Å². The molecule has 160 valence electrons. The maximum atomic E-state index is 14.0. The number of benzene rings is 2. The van der Waals surface area contributed by atoms with Gasteiger partial charge in [-0.3, -0.25) is 4.79 Å². The summed E-state index contributed by atoms with van der Waals surface area (Å²) >= 11 is 0. The number of aryl methyl sites for hydroxylation is 2. The van der Waals surface area contributed by atoms with E-state index in [1.54, 1.807) is 18.2 Å². The first-order valence-corrected chi connectivity index (χ1v) is 10.3. The third-order valence-electron chi connectivity index (χ3n) is 5.44. The largest absolute Gasteiger partial charge is 0.436 e. The van der Waals surface area contributed by atoms with Crippen molar-refractivity contribution in [2.75, 3.05) is 24.5 Å². The van der Waals surface area contributed by atoms with Crippen molar-refractivity contribution in [3.05, 3.63) is 77.4 Å². The SMILES string of the molecule is Cc1ccc(C(=O)N2CCN(c3cc(Oc4cc(C)ccc4F)ncn3)C[C@@H]2C)cc1. The minimum atomic E-state index is -0.442. The molecule has 1 aromatic heterocycles. The zero-order valence-corrected chi connectivity index (χ0v) is 17.9. The highest BCUT2D eigenvalue weighted by atomic mass is 19.1. The zero-order chi connectivity index (χ0) is 22.0. The predicted octanol–water partition coefficient (Wildman–Crippen LogP) is 4.38. The molecule has 0 radical (unpaired) electrons. The molecule has 1 fully saturated rings. The Morgan fingerprint density at radius 3 is 2.52 bits per heavy atom. The molecule has 2 aromatic carbocycles. The van der Waals surface area contributed by atoms with Gasteiger partial charge in [-0.2, -0.15) is 0 Å². The van der Waals surface area contributed by atoms with Crippen molar-refractivity contribution in [2.24, 2.45) is 0 Å². The van der Waals surface area contributed by atoms with Crippen LogP contribution in [0.2, 0.25) is 0 Å². The molecular formula is C24H25FN4O2. The Labute approximate surface area is 181 Å². The van der Waals surface area contributed by atoms with Gasteiger partial charge >= 0.3 is 0 Å². The lowest BCUT2D eigenvalue weighted by atomic mass is 10.1. The number of hydrogen-bond acceptors (Lipinski definition) is 5. The maximum absolute atomic E-state index is 14.0. The molecule has 0 spiro atoms. The summed E-state index contributed by atoms with van der Waals surface area (Å²) in [5, 5.41) is 0. The molecule has 1 aliphatic rings. The molecule has 4 rings (SSSR count). The number of carbonyl (C=O) groups excluding carboxylic acids is 1. The summed E-state index contributed by atoms with van der Waals surface area (Å²) in [5.74, 6) is 0.690. The second-order valence-electron chi connectivity index (χ2n) is 7.91. The number of amides is 1. The molecule has 0 N–H and O–H groups in total. The van der Waals surface area contributed by atoms with Gasteiger partial charge in [0.2, 0.25) is 5.88 Å². The standard InChI is InChI=1S/C24H25FN4O2/c1-16-4-7-19(8-5-16)24(30)29-11-10-28(14-18(29)3)22-13-23(27-15-26-22)31-21-12-17(2)6-9-20(21)25/h4-9,12-13,15,18H,10-11,14H2,1-3H3/t18-/m0/s1. The molecule has 7 heteroatoms. The van der Waals surface area contributed by atoms with E-state index in [9.17, 15) is 9.18 Å². The van der Waals surface area contributed by atoms with E-state index >= 15 is 0 Å². The molecule has 1 atom stereocenters. The van der Waals surface area contributed by atoms with Gasteiger partial charge in [-0.25, -0.2) is 14.4 Å². The number of anilines is 1. The summed E-state index contributed by atoms with van der Waals surface area (Å²) in [6, 6.07) is 14.0. The minimum absolute atomic E-state index is 0.0103. The summed E-state index contributed by atoms with van der Waals surface area (Å²) < 4.78 is 19.7. The van der Waals surface area contributed by atoms with Crippen molar-refractivity contribution in [3.63, 3.8) is 0 Å². The van der Waals surface area contributed by atoms with Gasteiger partial charge in [0.25, 0.3) is 5.91 Å². The van der Waals surface area contributed by atoms with Crippen LogP contribution in [-0.4, -0.2) is 46.5 Å². The quantitative estimate of drug-likeness (QED) is 0.627. The van der Waals surface area contributed by atoms with Crippen molar-refractivity contribution in [3.8, 4) is 11.6 Å². The third kappa shape index (κ3) is 4.66. The second-order valence-corrected chi connectivity index (χ2v) is 7.91. The molecule has 1 saturated heterocycles. The van der Waals surface area contributed by atoms with Gasteiger partial charge in [-0.1, -0.05) is 23.8 Å². The Hall–Kier alpha value is -3.48. The van der Waals surface area contributed by atoms with Crippen LogP contribution in [0.25, 0.3) is 0 Å². The number of hydrogen-bond donors (Lipinski definition) is 0. The van der Waals surface area contributed by atoms with Gasteiger partial charge in [0.15, 0.2) is 11.6 Å². The highest BCUT2D eigenvalue weighted by Gasteiger charge is 2.29. The van der Waals surface area contributed by atoms with Crippen LogP contribution in [0, 0.1) is 19.7 Å². The first kappa shape index (κ1) is 20.8. The van der Waals surface area contributed by atoms with Crippen LogP contribution >= 0.6 is 0 Å². The van der Waals surface area contributed by atoms with Crippen LogP contribution in [0.3, 0.4) is 0 Å². The van der Waals surface area contributed by atoms with E-state index < -0.39 is 5.82 Å². The molecule has 2 heterocycles. The van der Waals surface area contributed by atoms with E-state index in [0.717, 1.165) is 11.1 Å². The monoisotopic (exact) mass is 420 g/mol.